The fourth-order valence-electron chi connectivity index (χ4n) is 6.22. The maximum Gasteiger partial charge on any atom is 0.472 e. The highest BCUT2D eigenvalue weighted by atomic mass is 31.2. The van der Waals surface area contributed by atoms with Gasteiger partial charge in [0.1, 0.15) is 12.7 Å². The lowest BCUT2D eigenvalue weighted by molar-refractivity contribution is -0.161. The molecule has 0 radical (unpaired) electrons. The average molecular weight is 791 g/mol. The van der Waals surface area contributed by atoms with Gasteiger partial charge < -0.3 is 24.6 Å². The highest BCUT2D eigenvalue weighted by molar-refractivity contribution is 7.47. The summed E-state index contributed by atoms with van der Waals surface area (Å²) in [4.78, 5) is 35.0. The minimum absolute atomic E-state index is 0.188. The van der Waals surface area contributed by atoms with Crippen LogP contribution in [0, 0.1) is 0 Å². The SMILES string of the molecule is CCCCCCCCC/C=C\CCCCCCCC(=O)OC[C@H](COP(=O)(O)OC[C@@H](O)CO)OC(=O)CCCCCCCCCCCCCCCCC. The zero-order chi connectivity index (χ0) is 39.8. The lowest BCUT2D eigenvalue weighted by atomic mass is 10.0. The third-order valence-electron chi connectivity index (χ3n) is 9.67. The average Bonchev–Trinajstić information content (AvgIpc) is 3.16. The highest BCUT2D eigenvalue weighted by Crippen LogP contribution is 2.43. The fraction of sp³-hybridized carbons (Fsp3) is 0.907. The summed E-state index contributed by atoms with van der Waals surface area (Å²) in [5.41, 5.74) is 0. The van der Waals surface area contributed by atoms with Crippen LogP contribution in [0.4, 0.5) is 0 Å². The Bertz CT molecular complexity index is 915. The van der Waals surface area contributed by atoms with Gasteiger partial charge in [-0.1, -0.05) is 174 Å². The molecule has 0 aliphatic heterocycles. The smallest absolute Gasteiger partial charge is 0.462 e. The topological polar surface area (TPSA) is 149 Å². The summed E-state index contributed by atoms with van der Waals surface area (Å²) in [6, 6.07) is 0. The first-order valence-corrected chi connectivity index (χ1v) is 23.6. The first kappa shape index (κ1) is 52.7. The van der Waals surface area contributed by atoms with Gasteiger partial charge in [-0.15, -0.1) is 0 Å². The van der Waals surface area contributed by atoms with Crippen LogP contribution >= 0.6 is 7.82 Å². The molecule has 0 heterocycles. The first-order valence-electron chi connectivity index (χ1n) is 22.1. The number of carbonyl (C=O) groups is 2. The normalized spacial score (nSPS) is 13.9. The van der Waals surface area contributed by atoms with Gasteiger partial charge in [-0.3, -0.25) is 18.6 Å². The van der Waals surface area contributed by atoms with E-state index in [1.165, 1.54) is 122 Å². The van der Waals surface area contributed by atoms with Crippen molar-refractivity contribution in [3.8, 4) is 0 Å². The summed E-state index contributed by atoms with van der Waals surface area (Å²) in [6.07, 6.45) is 37.4. The Morgan fingerprint density at radius 1 is 0.537 bits per heavy atom. The Morgan fingerprint density at radius 2 is 0.907 bits per heavy atom. The molecule has 0 amide bonds. The molecule has 0 fully saturated rings. The summed E-state index contributed by atoms with van der Waals surface area (Å²) < 4.78 is 32.7. The number of aliphatic hydroxyl groups excluding tert-OH is 2. The van der Waals surface area contributed by atoms with Crippen molar-refractivity contribution in [2.75, 3.05) is 26.4 Å². The molecule has 3 atom stereocenters. The Hall–Kier alpha value is -1.29. The molecular formula is C43H83O10P. The van der Waals surface area contributed by atoms with E-state index in [0.29, 0.717) is 12.8 Å². The van der Waals surface area contributed by atoms with Crippen molar-refractivity contribution in [1.82, 2.24) is 0 Å². The Labute approximate surface area is 330 Å². The van der Waals surface area contributed by atoms with Crippen molar-refractivity contribution in [3.63, 3.8) is 0 Å². The van der Waals surface area contributed by atoms with Crippen LogP contribution in [0.15, 0.2) is 12.2 Å². The van der Waals surface area contributed by atoms with Crippen molar-refractivity contribution in [2.24, 2.45) is 0 Å². The summed E-state index contributed by atoms with van der Waals surface area (Å²) in [5, 5.41) is 18.3. The molecule has 1 unspecified atom stereocenters. The number of rotatable bonds is 42. The quantitative estimate of drug-likeness (QED) is 0.0236. The van der Waals surface area contributed by atoms with E-state index < -0.39 is 51.8 Å². The molecular weight excluding hydrogens is 707 g/mol. The molecule has 0 bridgehead atoms. The largest absolute Gasteiger partial charge is 0.472 e. The number of esters is 2. The van der Waals surface area contributed by atoms with E-state index >= 15 is 0 Å². The number of aliphatic hydroxyl groups is 2. The van der Waals surface area contributed by atoms with Crippen LogP contribution in [0.1, 0.15) is 213 Å². The van der Waals surface area contributed by atoms with Crippen molar-refractivity contribution in [1.29, 1.82) is 0 Å². The first-order chi connectivity index (χ1) is 26.2. The second kappa shape index (κ2) is 39.9. The molecule has 0 saturated carbocycles. The van der Waals surface area contributed by atoms with Gasteiger partial charge in [0.2, 0.25) is 0 Å². The van der Waals surface area contributed by atoms with Crippen LogP contribution in [0.25, 0.3) is 0 Å². The number of phosphoric acid groups is 1. The van der Waals surface area contributed by atoms with Gasteiger partial charge in [0.25, 0.3) is 0 Å². The standard InChI is InChI=1S/C43H83O10P/c1-3-5-7-9-11-13-15-17-19-21-22-24-26-28-30-32-34-42(46)50-38-41(39-52-54(48,49)51-37-40(45)36-44)53-43(47)35-33-31-29-27-25-23-20-18-16-14-12-10-8-6-4-2/h19,21,40-41,44-45H,3-18,20,22-39H2,1-2H3,(H,48,49)/b21-19-/t40-,41+/m0/s1. The van der Waals surface area contributed by atoms with E-state index in [0.717, 1.165) is 51.4 Å². The third kappa shape index (κ3) is 39.0. The van der Waals surface area contributed by atoms with Gasteiger partial charge >= 0.3 is 19.8 Å². The predicted octanol–water partition coefficient (Wildman–Crippen LogP) is 11.6. The summed E-state index contributed by atoms with van der Waals surface area (Å²) >= 11 is 0. The number of hydrogen-bond acceptors (Lipinski definition) is 9. The zero-order valence-corrected chi connectivity index (χ0v) is 35.6. The number of ether oxygens (including phenoxy) is 2. The van der Waals surface area contributed by atoms with E-state index in [4.69, 9.17) is 23.6 Å². The number of unbranched alkanes of at least 4 members (excludes halogenated alkanes) is 26. The molecule has 10 nitrogen and oxygen atoms in total. The molecule has 0 aromatic carbocycles. The summed E-state index contributed by atoms with van der Waals surface area (Å²) in [7, 11) is -4.61. The fourth-order valence-corrected chi connectivity index (χ4v) is 7.01. The second-order valence-corrected chi connectivity index (χ2v) is 16.5. The monoisotopic (exact) mass is 791 g/mol. The van der Waals surface area contributed by atoms with Crippen molar-refractivity contribution in [2.45, 2.75) is 225 Å². The maximum absolute atomic E-state index is 12.6. The van der Waals surface area contributed by atoms with Crippen molar-refractivity contribution >= 4 is 19.8 Å². The molecule has 0 rings (SSSR count). The Kier molecular flexibility index (Phi) is 39.0. The van der Waals surface area contributed by atoms with Crippen molar-refractivity contribution in [3.05, 3.63) is 12.2 Å². The van der Waals surface area contributed by atoms with Crippen LogP contribution in [0.2, 0.25) is 0 Å². The van der Waals surface area contributed by atoms with Crippen LogP contribution in [0.5, 0.6) is 0 Å². The molecule has 0 aliphatic carbocycles. The molecule has 11 heteroatoms. The van der Waals surface area contributed by atoms with Crippen molar-refractivity contribution < 1.29 is 47.8 Å². The van der Waals surface area contributed by atoms with Gasteiger partial charge in [0, 0.05) is 12.8 Å². The number of hydrogen-bond donors (Lipinski definition) is 3. The molecule has 320 valence electrons. The van der Waals surface area contributed by atoms with Crippen LogP contribution < -0.4 is 0 Å². The maximum atomic E-state index is 12.6. The number of phosphoric ester groups is 1. The summed E-state index contributed by atoms with van der Waals surface area (Å²) in [5.74, 6) is -0.923. The molecule has 0 aromatic heterocycles. The minimum atomic E-state index is -4.61. The number of allylic oxidation sites excluding steroid dienone is 2. The lowest BCUT2D eigenvalue weighted by Crippen LogP contribution is -2.29. The van der Waals surface area contributed by atoms with Crippen LogP contribution in [-0.2, 0) is 32.7 Å². The van der Waals surface area contributed by atoms with Gasteiger partial charge in [0.15, 0.2) is 6.10 Å². The summed E-state index contributed by atoms with van der Waals surface area (Å²) in [6.45, 7) is 2.40. The Balaban J connectivity index is 4.27. The molecule has 3 N–H and O–H groups in total. The Morgan fingerprint density at radius 3 is 1.33 bits per heavy atom. The van der Waals surface area contributed by atoms with Crippen LogP contribution in [0.3, 0.4) is 0 Å². The van der Waals surface area contributed by atoms with Gasteiger partial charge in [0.05, 0.1) is 19.8 Å². The second-order valence-electron chi connectivity index (χ2n) is 15.1. The van der Waals surface area contributed by atoms with Gasteiger partial charge in [-0.2, -0.15) is 0 Å². The van der Waals surface area contributed by atoms with E-state index in [-0.39, 0.29) is 19.4 Å². The molecule has 54 heavy (non-hydrogen) atoms. The van der Waals surface area contributed by atoms with Crippen LogP contribution in [-0.4, -0.2) is 65.7 Å². The third-order valence-corrected chi connectivity index (χ3v) is 10.6. The molecule has 0 aromatic rings. The number of carbonyl (C=O) groups excluding carboxylic acids is 2. The molecule has 0 spiro atoms. The zero-order valence-electron chi connectivity index (χ0n) is 34.7. The van der Waals surface area contributed by atoms with Gasteiger partial charge in [-0.25, -0.2) is 4.57 Å². The van der Waals surface area contributed by atoms with E-state index in [9.17, 15) is 24.2 Å². The van der Waals surface area contributed by atoms with Gasteiger partial charge in [-0.05, 0) is 38.5 Å². The minimum Gasteiger partial charge on any atom is -0.462 e. The van der Waals surface area contributed by atoms with E-state index in [1.807, 2.05) is 0 Å². The highest BCUT2D eigenvalue weighted by Gasteiger charge is 2.27. The van der Waals surface area contributed by atoms with E-state index in [1.54, 1.807) is 0 Å². The van der Waals surface area contributed by atoms with E-state index in [2.05, 4.69) is 26.0 Å². The molecule has 0 saturated heterocycles. The molecule has 0 aliphatic rings. The lowest BCUT2D eigenvalue weighted by Gasteiger charge is -2.20. The predicted molar refractivity (Wildman–Crippen MR) is 219 cm³/mol.